The molecule has 0 radical (unpaired) electrons. The van der Waals surface area contributed by atoms with Crippen molar-refractivity contribution in [2.24, 2.45) is 5.92 Å². The van der Waals surface area contributed by atoms with E-state index in [1.807, 2.05) is 12.3 Å². The van der Waals surface area contributed by atoms with Gasteiger partial charge in [-0.2, -0.15) is 0 Å². The third-order valence-corrected chi connectivity index (χ3v) is 3.50. The third kappa shape index (κ3) is 2.27. The SMILES string of the molecule is C[C@@H](c1ccc[nH]1)N1CCC(C(=O)O)CC1. The molecule has 0 bridgehead atoms. The fourth-order valence-corrected chi connectivity index (χ4v) is 2.33. The van der Waals surface area contributed by atoms with E-state index in [4.69, 9.17) is 5.11 Å². The van der Waals surface area contributed by atoms with Gasteiger partial charge in [0.05, 0.1) is 5.92 Å². The van der Waals surface area contributed by atoms with Crippen LogP contribution in [0.15, 0.2) is 18.3 Å². The average Bonchev–Trinajstić information content (AvgIpc) is 2.81. The van der Waals surface area contributed by atoms with Crippen LogP contribution in [-0.2, 0) is 4.79 Å². The van der Waals surface area contributed by atoms with Gasteiger partial charge >= 0.3 is 5.97 Å². The van der Waals surface area contributed by atoms with E-state index in [1.165, 1.54) is 5.69 Å². The molecule has 4 nitrogen and oxygen atoms in total. The number of rotatable bonds is 3. The van der Waals surface area contributed by atoms with Gasteiger partial charge in [-0.1, -0.05) is 0 Å². The zero-order valence-electron chi connectivity index (χ0n) is 9.52. The Bertz CT molecular complexity index is 340. The van der Waals surface area contributed by atoms with Crippen molar-refractivity contribution in [2.45, 2.75) is 25.8 Å². The van der Waals surface area contributed by atoms with Crippen molar-refractivity contribution in [3.05, 3.63) is 24.0 Å². The minimum atomic E-state index is -0.646. The van der Waals surface area contributed by atoms with Gasteiger partial charge in [0.2, 0.25) is 0 Å². The van der Waals surface area contributed by atoms with Crippen LogP contribution in [0.1, 0.15) is 31.5 Å². The second-order valence-corrected chi connectivity index (χ2v) is 4.45. The Hall–Kier alpha value is -1.29. The first-order chi connectivity index (χ1) is 7.68. The van der Waals surface area contributed by atoms with Gasteiger partial charge in [-0.05, 0) is 45.0 Å². The molecule has 1 aliphatic rings. The first-order valence-corrected chi connectivity index (χ1v) is 5.78. The van der Waals surface area contributed by atoms with Crippen LogP contribution in [0.3, 0.4) is 0 Å². The van der Waals surface area contributed by atoms with Gasteiger partial charge in [0.25, 0.3) is 0 Å². The number of nitrogens with zero attached hydrogens (tertiary/aromatic N) is 1. The molecule has 1 atom stereocenters. The summed E-state index contributed by atoms with van der Waals surface area (Å²) in [5.74, 6) is -0.792. The lowest BCUT2D eigenvalue weighted by atomic mass is 9.96. The number of carbonyl (C=O) groups is 1. The highest BCUT2D eigenvalue weighted by molar-refractivity contribution is 5.70. The molecule has 0 saturated carbocycles. The van der Waals surface area contributed by atoms with Gasteiger partial charge in [0, 0.05) is 17.9 Å². The fourth-order valence-electron chi connectivity index (χ4n) is 2.33. The Morgan fingerprint density at radius 2 is 2.25 bits per heavy atom. The number of likely N-dealkylation sites (tertiary alicyclic amines) is 1. The quantitative estimate of drug-likeness (QED) is 0.821. The summed E-state index contributed by atoms with van der Waals surface area (Å²) in [5, 5.41) is 8.92. The molecule has 0 aliphatic carbocycles. The number of nitrogens with one attached hydrogen (secondary N) is 1. The lowest BCUT2D eigenvalue weighted by Gasteiger charge is -2.34. The zero-order chi connectivity index (χ0) is 11.5. The van der Waals surface area contributed by atoms with Crippen LogP contribution >= 0.6 is 0 Å². The molecule has 1 aromatic heterocycles. The normalized spacial score (nSPS) is 20.8. The van der Waals surface area contributed by atoms with Gasteiger partial charge in [-0.15, -0.1) is 0 Å². The Labute approximate surface area is 95.3 Å². The van der Waals surface area contributed by atoms with Crippen molar-refractivity contribution in [3.63, 3.8) is 0 Å². The maximum atomic E-state index is 10.8. The average molecular weight is 222 g/mol. The van der Waals surface area contributed by atoms with Gasteiger partial charge in [-0.3, -0.25) is 9.69 Å². The van der Waals surface area contributed by atoms with E-state index in [9.17, 15) is 4.79 Å². The molecule has 0 aromatic carbocycles. The van der Waals surface area contributed by atoms with E-state index in [1.54, 1.807) is 0 Å². The number of aliphatic carboxylic acids is 1. The molecule has 4 heteroatoms. The zero-order valence-corrected chi connectivity index (χ0v) is 9.52. The highest BCUT2D eigenvalue weighted by atomic mass is 16.4. The number of aromatic nitrogens is 1. The standard InChI is InChI=1S/C12H18N2O2/c1-9(11-3-2-6-13-11)14-7-4-10(5-8-14)12(15)16/h2-3,6,9-10,13H,4-5,7-8H2,1H3,(H,15,16)/t9-/m0/s1. The third-order valence-electron chi connectivity index (χ3n) is 3.50. The maximum absolute atomic E-state index is 10.8. The Morgan fingerprint density at radius 1 is 1.56 bits per heavy atom. The summed E-state index contributed by atoms with van der Waals surface area (Å²) < 4.78 is 0. The molecule has 1 aromatic rings. The molecule has 1 fully saturated rings. The van der Waals surface area contributed by atoms with Crippen LogP contribution in [0.5, 0.6) is 0 Å². The van der Waals surface area contributed by atoms with Crippen LogP contribution < -0.4 is 0 Å². The van der Waals surface area contributed by atoms with E-state index in [0.717, 1.165) is 25.9 Å². The Kier molecular flexibility index (Phi) is 3.29. The summed E-state index contributed by atoms with van der Waals surface area (Å²) in [6, 6.07) is 4.42. The fraction of sp³-hybridized carbons (Fsp3) is 0.583. The summed E-state index contributed by atoms with van der Waals surface area (Å²) in [6.45, 7) is 3.90. The molecule has 16 heavy (non-hydrogen) atoms. The molecule has 2 rings (SSSR count). The Morgan fingerprint density at radius 3 is 2.75 bits per heavy atom. The molecule has 1 saturated heterocycles. The topological polar surface area (TPSA) is 56.3 Å². The highest BCUT2D eigenvalue weighted by Gasteiger charge is 2.27. The first-order valence-electron chi connectivity index (χ1n) is 5.78. The number of hydrogen-bond donors (Lipinski definition) is 2. The number of carboxylic acids is 1. The molecule has 0 unspecified atom stereocenters. The van der Waals surface area contributed by atoms with Gasteiger partial charge in [0.1, 0.15) is 0 Å². The molecule has 88 valence electrons. The van der Waals surface area contributed by atoms with E-state index < -0.39 is 5.97 Å². The number of hydrogen-bond acceptors (Lipinski definition) is 2. The number of aromatic amines is 1. The van der Waals surface area contributed by atoms with Crippen LogP contribution in [0.25, 0.3) is 0 Å². The van der Waals surface area contributed by atoms with Crippen LogP contribution in [0, 0.1) is 5.92 Å². The predicted molar refractivity (Wildman–Crippen MR) is 61.1 cm³/mol. The van der Waals surface area contributed by atoms with Crippen LogP contribution in [-0.4, -0.2) is 34.0 Å². The highest BCUT2D eigenvalue weighted by Crippen LogP contribution is 2.25. The monoisotopic (exact) mass is 222 g/mol. The summed E-state index contributed by atoms with van der Waals surface area (Å²) in [4.78, 5) is 16.4. The van der Waals surface area contributed by atoms with Crippen LogP contribution in [0.4, 0.5) is 0 Å². The summed E-state index contributed by atoms with van der Waals surface area (Å²) in [7, 11) is 0. The van der Waals surface area contributed by atoms with Crippen molar-refractivity contribution >= 4 is 5.97 Å². The van der Waals surface area contributed by atoms with Gasteiger partial charge in [-0.25, -0.2) is 0 Å². The number of H-pyrrole nitrogens is 1. The molecule has 1 aliphatic heterocycles. The number of piperidine rings is 1. The second-order valence-electron chi connectivity index (χ2n) is 4.45. The first kappa shape index (κ1) is 11.2. The van der Waals surface area contributed by atoms with E-state index in [0.29, 0.717) is 6.04 Å². The van der Waals surface area contributed by atoms with Crippen molar-refractivity contribution in [1.29, 1.82) is 0 Å². The predicted octanol–water partition coefficient (Wildman–Crippen LogP) is 1.87. The lowest BCUT2D eigenvalue weighted by Crippen LogP contribution is -2.37. The smallest absolute Gasteiger partial charge is 0.306 e. The van der Waals surface area contributed by atoms with Gasteiger partial charge < -0.3 is 10.1 Å². The molecule has 0 spiro atoms. The summed E-state index contributed by atoms with van der Waals surface area (Å²) >= 11 is 0. The molecule has 2 heterocycles. The van der Waals surface area contributed by atoms with E-state index in [2.05, 4.69) is 22.9 Å². The molecular formula is C12H18N2O2. The summed E-state index contributed by atoms with van der Waals surface area (Å²) in [5.41, 5.74) is 1.20. The molecule has 0 amide bonds. The largest absolute Gasteiger partial charge is 0.481 e. The minimum Gasteiger partial charge on any atom is -0.481 e. The summed E-state index contributed by atoms with van der Waals surface area (Å²) in [6.07, 6.45) is 3.45. The van der Waals surface area contributed by atoms with E-state index in [-0.39, 0.29) is 5.92 Å². The van der Waals surface area contributed by atoms with E-state index >= 15 is 0 Å². The molecule has 2 N–H and O–H groups in total. The lowest BCUT2D eigenvalue weighted by molar-refractivity contribution is -0.143. The number of carboxylic acid groups (broad SMARTS) is 1. The van der Waals surface area contributed by atoms with Crippen LogP contribution in [0.2, 0.25) is 0 Å². The maximum Gasteiger partial charge on any atom is 0.306 e. The van der Waals surface area contributed by atoms with Crippen molar-refractivity contribution in [1.82, 2.24) is 9.88 Å². The van der Waals surface area contributed by atoms with Crippen molar-refractivity contribution in [2.75, 3.05) is 13.1 Å². The van der Waals surface area contributed by atoms with Gasteiger partial charge in [0.15, 0.2) is 0 Å². The minimum absolute atomic E-state index is 0.146. The Balaban J connectivity index is 1.92. The van der Waals surface area contributed by atoms with Crippen molar-refractivity contribution in [3.8, 4) is 0 Å². The molecular weight excluding hydrogens is 204 g/mol. The van der Waals surface area contributed by atoms with Crippen molar-refractivity contribution < 1.29 is 9.90 Å². The second kappa shape index (κ2) is 4.70.